The van der Waals surface area contributed by atoms with Gasteiger partial charge in [-0.25, -0.2) is 4.39 Å². The highest BCUT2D eigenvalue weighted by atomic mass is 19.1. The average Bonchev–Trinajstić information content (AvgIpc) is 2.49. The molecular weight excluding hydrogens is 257 g/mol. The minimum Gasteiger partial charge on any atom is -0.497 e. The van der Waals surface area contributed by atoms with E-state index in [4.69, 9.17) is 9.47 Å². The van der Waals surface area contributed by atoms with Crippen LogP contribution < -0.4 is 14.8 Å². The number of rotatable bonds is 5. The minimum absolute atomic E-state index is 0.0697. The summed E-state index contributed by atoms with van der Waals surface area (Å²) in [5, 5.41) is 3.31. The number of hydrogen-bond acceptors (Lipinski definition) is 3. The molecule has 0 saturated heterocycles. The van der Waals surface area contributed by atoms with Gasteiger partial charge in [-0.05, 0) is 36.8 Å². The van der Waals surface area contributed by atoms with Crippen LogP contribution in [0.2, 0.25) is 0 Å². The maximum atomic E-state index is 13.4. The second kappa shape index (κ2) is 6.28. The predicted molar refractivity (Wildman–Crippen MR) is 78.0 cm³/mol. The van der Waals surface area contributed by atoms with Crippen LogP contribution in [0.25, 0.3) is 0 Å². The minimum atomic E-state index is -0.368. The maximum Gasteiger partial charge on any atom is 0.165 e. The smallest absolute Gasteiger partial charge is 0.165 e. The van der Waals surface area contributed by atoms with Gasteiger partial charge in [0.25, 0.3) is 0 Å². The summed E-state index contributed by atoms with van der Waals surface area (Å²) in [6.07, 6.45) is 0. The van der Waals surface area contributed by atoms with Gasteiger partial charge in [0.15, 0.2) is 11.6 Å². The number of nitrogens with one attached hydrogen (secondary N) is 1. The van der Waals surface area contributed by atoms with Crippen molar-refractivity contribution in [2.75, 3.05) is 19.5 Å². The Labute approximate surface area is 118 Å². The number of ether oxygens (including phenoxy) is 2. The van der Waals surface area contributed by atoms with Crippen molar-refractivity contribution in [3.05, 3.63) is 53.8 Å². The fraction of sp³-hybridized carbons (Fsp3) is 0.250. The molecule has 2 rings (SSSR count). The van der Waals surface area contributed by atoms with Crippen molar-refractivity contribution in [2.45, 2.75) is 13.0 Å². The molecule has 0 aliphatic heterocycles. The Hall–Kier alpha value is -2.23. The fourth-order valence-corrected chi connectivity index (χ4v) is 1.99. The Morgan fingerprint density at radius 1 is 1.05 bits per heavy atom. The van der Waals surface area contributed by atoms with Gasteiger partial charge in [0, 0.05) is 17.8 Å². The molecule has 2 aromatic carbocycles. The lowest BCUT2D eigenvalue weighted by Gasteiger charge is -2.17. The van der Waals surface area contributed by atoms with Crippen LogP contribution in [0.5, 0.6) is 11.5 Å². The highest BCUT2D eigenvalue weighted by molar-refractivity contribution is 5.50. The molecule has 0 saturated carbocycles. The van der Waals surface area contributed by atoms with Crippen LogP contribution in [0.3, 0.4) is 0 Å². The Balaban J connectivity index is 2.16. The average molecular weight is 275 g/mol. The number of methoxy groups -OCH3 is 2. The molecule has 0 spiro atoms. The van der Waals surface area contributed by atoms with Crippen LogP contribution in [0, 0.1) is 5.82 Å². The van der Waals surface area contributed by atoms with Gasteiger partial charge >= 0.3 is 0 Å². The first-order chi connectivity index (χ1) is 9.63. The van der Waals surface area contributed by atoms with E-state index in [2.05, 4.69) is 5.32 Å². The number of benzene rings is 2. The zero-order chi connectivity index (χ0) is 14.5. The standard InChI is InChI=1S/C16H18FNO2/c1-11(12-5-4-6-14(9-12)19-2)18-13-7-8-15(17)16(10-13)20-3/h4-11,18H,1-3H3. The van der Waals surface area contributed by atoms with E-state index in [0.717, 1.165) is 17.0 Å². The fourth-order valence-electron chi connectivity index (χ4n) is 1.99. The Morgan fingerprint density at radius 2 is 1.85 bits per heavy atom. The molecule has 0 amide bonds. The largest absolute Gasteiger partial charge is 0.497 e. The highest BCUT2D eigenvalue weighted by Crippen LogP contribution is 2.26. The van der Waals surface area contributed by atoms with E-state index in [-0.39, 0.29) is 17.6 Å². The summed E-state index contributed by atoms with van der Waals surface area (Å²) in [5.74, 6) is 0.674. The third-order valence-electron chi connectivity index (χ3n) is 3.13. The summed E-state index contributed by atoms with van der Waals surface area (Å²) in [6.45, 7) is 2.03. The van der Waals surface area contributed by atoms with Crippen LogP contribution in [0.1, 0.15) is 18.5 Å². The molecule has 0 heterocycles. The highest BCUT2D eigenvalue weighted by Gasteiger charge is 2.08. The maximum absolute atomic E-state index is 13.4. The molecule has 3 nitrogen and oxygen atoms in total. The molecule has 0 bridgehead atoms. The van der Waals surface area contributed by atoms with E-state index in [1.807, 2.05) is 31.2 Å². The van der Waals surface area contributed by atoms with Crippen molar-refractivity contribution in [3.63, 3.8) is 0 Å². The van der Waals surface area contributed by atoms with Crippen molar-refractivity contribution < 1.29 is 13.9 Å². The van der Waals surface area contributed by atoms with Gasteiger partial charge < -0.3 is 14.8 Å². The second-order valence-electron chi connectivity index (χ2n) is 4.49. The summed E-state index contributed by atoms with van der Waals surface area (Å²) in [6, 6.07) is 12.6. The van der Waals surface area contributed by atoms with Crippen LogP contribution in [-0.4, -0.2) is 14.2 Å². The summed E-state index contributed by atoms with van der Waals surface area (Å²) in [5.41, 5.74) is 1.89. The third kappa shape index (κ3) is 3.20. The van der Waals surface area contributed by atoms with E-state index in [0.29, 0.717) is 0 Å². The van der Waals surface area contributed by atoms with Gasteiger partial charge in [0.1, 0.15) is 5.75 Å². The first-order valence-electron chi connectivity index (χ1n) is 6.38. The van der Waals surface area contributed by atoms with Gasteiger partial charge in [-0.1, -0.05) is 12.1 Å². The van der Waals surface area contributed by atoms with Crippen LogP contribution in [0.4, 0.5) is 10.1 Å². The van der Waals surface area contributed by atoms with E-state index in [1.54, 1.807) is 19.2 Å². The molecule has 1 atom stereocenters. The van der Waals surface area contributed by atoms with Crippen molar-refractivity contribution >= 4 is 5.69 Å². The quantitative estimate of drug-likeness (QED) is 0.894. The molecule has 0 radical (unpaired) electrons. The normalized spacial score (nSPS) is 11.8. The molecule has 106 valence electrons. The summed E-state index contributed by atoms with van der Waals surface area (Å²) in [4.78, 5) is 0. The molecule has 1 N–H and O–H groups in total. The Morgan fingerprint density at radius 3 is 2.55 bits per heavy atom. The molecule has 20 heavy (non-hydrogen) atoms. The Bertz CT molecular complexity index is 586. The van der Waals surface area contributed by atoms with Gasteiger partial charge in [0.2, 0.25) is 0 Å². The molecule has 0 aliphatic carbocycles. The zero-order valence-corrected chi connectivity index (χ0v) is 11.8. The first kappa shape index (κ1) is 14.2. The lowest BCUT2D eigenvalue weighted by molar-refractivity contribution is 0.387. The summed E-state index contributed by atoms with van der Waals surface area (Å²) >= 11 is 0. The van der Waals surface area contributed by atoms with Crippen LogP contribution >= 0.6 is 0 Å². The second-order valence-corrected chi connectivity index (χ2v) is 4.49. The van der Waals surface area contributed by atoms with Crippen LogP contribution in [-0.2, 0) is 0 Å². The van der Waals surface area contributed by atoms with Crippen molar-refractivity contribution in [3.8, 4) is 11.5 Å². The molecular formula is C16H18FNO2. The van der Waals surface area contributed by atoms with Crippen molar-refractivity contribution in [2.24, 2.45) is 0 Å². The monoisotopic (exact) mass is 275 g/mol. The van der Waals surface area contributed by atoms with Gasteiger partial charge in [0.05, 0.1) is 14.2 Å². The molecule has 0 aromatic heterocycles. The third-order valence-corrected chi connectivity index (χ3v) is 3.13. The number of hydrogen-bond donors (Lipinski definition) is 1. The predicted octanol–water partition coefficient (Wildman–Crippen LogP) is 4.02. The molecule has 0 aliphatic rings. The summed E-state index contributed by atoms with van der Waals surface area (Å²) in [7, 11) is 3.09. The van der Waals surface area contributed by atoms with E-state index in [1.165, 1.54) is 13.2 Å². The SMILES string of the molecule is COc1cccc(C(C)Nc2ccc(F)c(OC)c2)c1. The number of anilines is 1. The van der Waals surface area contributed by atoms with E-state index >= 15 is 0 Å². The van der Waals surface area contributed by atoms with Crippen LogP contribution in [0.15, 0.2) is 42.5 Å². The molecule has 2 aromatic rings. The van der Waals surface area contributed by atoms with E-state index in [9.17, 15) is 4.39 Å². The van der Waals surface area contributed by atoms with Crippen molar-refractivity contribution in [1.29, 1.82) is 0 Å². The lowest BCUT2D eigenvalue weighted by atomic mass is 10.1. The topological polar surface area (TPSA) is 30.5 Å². The summed E-state index contributed by atoms with van der Waals surface area (Å²) < 4.78 is 23.5. The zero-order valence-electron chi connectivity index (χ0n) is 11.8. The van der Waals surface area contributed by atoms with Gasteiger partial charge in [-0.2, -0.15) is 0 Å². The lowest BCUT2D eigenvalue weighted by Crippen LogP contribution is -2.07. The molecule has 1 unspecified atom stereocenters. The van der Waals surface area contributed by atoms with Gasteiger partial charge in [-0.15, -0.1) is 0 Å². The van der Waals surface area contributed by atoms with Crippen molar-refractivity contribution in [1.82, 2.24) is 0 Å². The number of halogens is 1. The van der Waals surface area contributed by atoms with E-state index < -0.39 is 0 Å². The molecule has 0 fully saturated rings. The Kier molecular flexibility index (Phi) is 4.45. The first-order valence-corrected chi connectivity index (χ1v) is 6.38. The molecule has 4 heteroatoms. The van der Waals surface area contributed by atoms with Gasteiger partial charge in [-0.3, -0.25) is 0 Å².